The smallest absolute Gasteiger partial charge is 0.221 e. The monoisotopic (exact) mass is 355 g/mol. The summed E-state index contributed by atoms with van der Waals surface area (Å²) in [6.07, 6.45) is 0.462. The van der Waals surface area contributed by atoms with Crippen molar-refractivity contribution in [3.63, 3.8) is 0 Å². The number of carbonyl (C=O) groups excluding carboxylic acids is 1. The lowest BCUT2D eigenvalue weighted by Gasteiger charge is -2.19. The van der Waals surface area contributed by atoms with Gasteiger partial charge in [-0.15, -0.1) is 0 Å². The molecule has 26 heavy (non-hydrogen) atoms. The molecule has 2 aromatic rings. The zero-order valence-corrected chi connectivity index (χ0v) is 16.1. The Balaban J connectivity index is 2.00. The quantitative estimate of drug-likeness (QED) is 0.699. The highest BCUT2D eigenvalue weighted by molar-refractivity contribution is 5.77. The second-order valence-corrected chi connectivity index (χ2v) is 6.38. The van der Waals surface area contributed by atoms with Crippen LogP contribution < -0.4 is 14.8 Å². The van der Waals surface area contributed by atoms with Gasteiger partial charge in [-0.05, 0) is 49.9 Å². The Morgan fingerprint density at radius 2 is 1.58 bits per heavy atom. The molecule has 2 atom stereocenters. The molecule has 0 saturated carbocycles. The van der Waals surface area contributed by atoms with Crippen LogP contribution >= 0.6 is 0 Å². The van der Waals surface area contributed by atoms with Crippen molar-refractivity contribution in [3.8, 4) is 11.5 Å². The third kappa shape index (κ3) is 5.51. The molecule has 1 amide bonds. The molecule has 4 heteroatoms. The highest BCUT2D eigenvalue weighted by atomic mass is 16.5. The van der Waals surface area contributed by atoms with Gasteiger partial charge < -0.3 is 14.8 Å². The van der Waals surface area contributed by atoms with E-state index in [0.717, 1.165) is 11.3 Å². The topological polar surface area (TPSA) is 47.6 Å². The van der Waals surface area contributed by atoms with Crippen molar-refractivity contribution in [2.75, 3.05) is 13.2 Å². The fourth-order valence-corrected chi connectivity index (χ4v) is 2.90. The molecule has 1 N–H and O–H groups in total. The van der Waals surface area contributed by atoms with Gasteiger partial charge in [0.1, 0.15) is 0 Å². The summed E-state index contributed by atoms with van der Waals surface area (Å²) >= 11 is 0. The van der Waals surface area contributed by atoms with E-state index >= 15 is 0 Å². The molecule has 0 saturated heterocycles. The second kappa shape index (κ2) is 9.85. The fraction of sp³-hybridized carbons (Fsp3) is 0.409. The predicted molar refractivity (Wildman–Crippen MR) is 105 cm³/mol. The van der Waals surface area contributed by atoms with Gasteiger partial charge in [-0.25, -0.2) is 0 Å². The van der Waals surface area contributed by atoms with E-state index in [4.69, 9.17) is 9.47 Å². The highest BCUT2D eigenvalue weighted by Crippen LogP contribution is 2.31. The normalized spacial score (nSPS) is 12.9. The lowest BCUT2D eigenvalue weighted by molar-refractivity contribution is -0.122. The average Bonchev–Trinajstić information content (AvgIpc) is 2.64. The lowest BCUT2D eigenvalue weighted by Crippen LogP contribution is -2.27. The molecule has 0 fully saturated rings. The Labute approximate surface area is 156 Å². The van der Waals surface area contributed by atoms with Crippen molar-refractivity contribution in [3.05, 3.63) is 59.7 Å². The van der Waals surface area contributed by atoms with E-state index in [1.165, 1.54) is 5.56 Å². The van der Waals surface area contributed by atoms with E-state index < -0.39 is 0 Å². The van der Waals surface area contributed by atoms with E-state index in [-0.39, 0.29) is 17.9 Å². The van der Waals surface area contributed by atoms with E-state index in [2.05, 4.69) is 24.4 Å². The van der Waals surface area contributed by atoms with Crippen molar-refractivity contribution >= 4 is 5.91 Å². The van der Waals surface area contributed by atoms with Crippen molar-refractivity contribution in [2.24, 2.45) is 0 Å². The molecule has 0 bridgehead atoms. The number of nitrogens with one attached hydrogen (secondary N) is 1. The van der Waals surface area contributed by atoms with Crippen LogP contribution in [0.15, 0.2) is 48.5 Å². The highest BCUT2D eigenvalue weighted by Gasteiger charge is 2.16. The van der Waals surface area contributed by atoms with Gasteiger partial charge in [-0.2, -0.15) is 0 Å². The Hall–Kier alpha value is -2.49. The Morgan fingerprint density at radius 1 is 0.923 bits per heavy atom. The first-order chi connectivity index (χ1) is 12.5. The summed E-state index contributed by atoms with van der Waals surface area (Å²) in [5, 5.41) is 3.08. The van der Waals surface area contributed by atoms with Gasteiger partial charge in [-0.1, -0.05) is 43.3 Å². The molecule has 4 nitrogen and oxygen atoms in total. The molecule has 0 aliphatic heterocycles. The number of rotatable bonds is 9. The van der Waals surface area contributed by atoms with E-state index in [0.29, 0.717) is 25.4 Å². The number of benzene rings is 2. The second-order valence-electron chi connectivity index (χ2n) is 6.38. The van der Waals surface area contributed by atoms with Crippen LogP contribution in [-0.2, 0) is 4.79 Å². The number of ether oxygens (including phenoxy) is 2. The van der Waals surface area contributed by atoms with E-state index in [9.17, 15) is 4.79 Å². The minimum atomic E-state index is -0.0969. The van der Waals surface area contributed by atoms with Crippen LogP contribution in [0.3, 0.4) is 0 Å². The van der Waals surface area contributed by atoms with E-state index in [1.807, 2.05) is 57.2 Å². The van der Waals surface area contributed by atoms with Gasteiger partial charge in [0.2, 0.25) is 5.91 Å². The zero-order valence-electron chi connectivity index (χ0n) is 16.1. The first kappa shape index (κ1) is 19.8. The van der Waals surface area contributed by atoms with Crippen LogP contribution in [0, 0.1) is 0 Å². The minimum Gasteiger partial charge on any atom is -0.490 e. The standard InChI is InChI=1S/C22H29NO3/c1-5-25-20-13-12-19(15-21(20)26-6-2)17(4)23-22(24)14-16(3)18-10-8-7-9-11-18/h7-13,15-17H,5-6,14H2,1-4H3,(H,23,24)/t16-,17-/m1/s1. The molecule has 0 heterocycles. The van der Waals surface area contributed by atoms with Crippen LogP contribution in [0.5, 0.6) is 11.5 Å². The van der Waals surface area contributed by atoms with Gasteiger partial charge in [0, 0.05) is 6.42 Å². The van der Waals surface area contributed by atoms with Gasteiger partial charge >= 0.3 is 0 Å². The molecule has 0 radical (unpaired) electrons. The number of hydrogen-bond donors (Lipinski definition) is 1. The Bertz CT molecular complexity index is 700. The maximum absolute atomic E-state index is 12.4. The summed E-state index contributed by atoms with van der Waals surface area (Å²) in [5.74, 6) is 1.67. The molecule has 2 aromatic carbocycles. The van der Waals surface area contributed by atoms with Gasteiger partial charge in [-0.3, -0.25) is 4.79 Å². The summed E-state index contributed by atoms with van der Waals surface area (Å²) < 4.78 is 11.3. The van der Waals surface area contributed by atoms with Crippen molar-refractivity contribution in [1.82, 2.24) is 5.32 Å². The first-order valence-corrected chi connectivity index (χ1v) is 9.29. The van der Waals surface area contributed by atoms with Crippen molar-refractivity contribution in [1.29, 1.82) is 0 Å². The zero-order chi connectivity index (χ0) is 18.9. The fourth-order valence-electron chi connectivity index (χ4n) is 2.90. The molecular formula is C22H29NO3. The predicted octanol–water partition coefficient (Wildman–Crippen LogP) is 4.86. The van der Waals surface area contributed by atoms with Crippen molar-refractivity contribution < 1.29 is 14.3 Å². The summed E-state index contributed by atoms with van der Waals surface area (Å²) in [6.45, 7) is 9.10. The first-order valence-electron chi connectivity index (χ1n) is 9.29. The van der Waals surface area contributed by atoms with Crippen LogP contribution in [0.25, 0.3) is 0 Å². The van der Waals surface area contributed by atoms with Gasteiger partial charge in [0.15, 0.2) is 11.5 Å². The molecule has 2 rings (SSSR count). The summed E-state index contributed by atoms with van der Waals surface area (Å²) in [5.41, 5.74) is 2.17. The molecule has 0 unspecified atom stereocenters. The number of carbonyl (C=O) groups is 1. The average molecular weight is 355 g/mol. The maximum Gasteiger partial charge on any atom is 0.221 e. The lowest BCUT2D eigenvalue weighted by atomic mass is 9.97. The molecule has 140 valence electrons. The summed E-state index contributed by atoms with van der Waals surface area (Å²) in [7, 11) is 0. The number of amides is 1. The maximum atomic E-state index is 12.4. The van der Waals surface area contributed by atoms with Gasteiger partial charge in [0.25, 0.3) is 0 Å². The van der Waals surface area contributed by atoms with Gasteiger partial charge in [0.05, 0.1) is 19.3 Å². The van der Waals surface area contributed by atoms with Crippen molar-refractivity contribution in [2.45, 2.75) is 46.1 Å². The third-order valence-electron chi connectivity index (χ3n) is 4.31. The largest absolute Gasteiger partial charge is 0.490 e. The SMILES string of the molecule is CCOc1ccc([C@@H](C)NC(=O)C[C@@H](C)c2ccccc2)cc1OCC. The molecular weight excluding hydrogens is 326 g/mol. The summed E-state index contributed by atoms with van der Waals surface area (Å²) in [4.78, 5) is 12.4. The van der Waals surface area contributed by atoms with Crippen LogP contribution in [0.1, 0.15) is 57.2 Å². The van der Waals surface area contributed by atoms with E-state index in [1.54, 1.807) is 0 Å². The number of hydrogen-bond acceptors (Lipinski definition) is 3. The van der Waals surface area contributed by atoms with Crippen LogP contribution in [0.2, 0.25) is 0 Å². The molecule has 0 aliphatic rings. The third-order valence-corrected chi connectivity index (χ3v) is 4.31. The molecule has 0 aliphatic carbocycles. The molecule has 0 aromatic heterocycles. The Morgan fingerprint density at radius 3 is 2.23 bits per heavy atom. The van der Waals surface area contributed by atoms with Crippen LogP contribution in [-0.4, -0.2) is 19.1 Å². The molecule has 0 spiro atoms. The summed E-state index contributed by atoms with van der Waals surface area (Å²) in [6, 6.07) is 15.8. The Kier molecular flexibility index (Phi) is 7.52. The van der Waals surface area contributed by atoms with Crippen LogP contribution in [0.4, 0.5) is 0 Å². The minimum absolute atomic E-state index is 0.0423.